The summed E-state index contributed by atoms with van der Waals surface area (Å²) in [6.07, 6.45) is 1.83. The first-order valence-corrected chi connectivity index (χ1v) is 13.6. The average molecular weight is 546 g/mol. The number of hydrazone groups is 1. The molecule has 1 saturated heterocycles. The maximum atomic E-state index is 14.1. The number of fused-ring (bicyclic) bond motifs is 1. The molecule has 3 heterocycles. The molecule has 192 valence electrons. The van der Waals surface area contributed by atoms with Crippen LogP contribution in [-0.4, -0.2) is 34.6 Å². The monoisotopic (exact) mass is 545 g/mol. The largest absolute Gasteiger partial charge is 0.461 e. The lowest BCUT2D eigenvalue weighted by Crippen LogP contribution is -2.51. The smallest absolute Gasteiger partial charge is 0.365 e. The fraction of sp³-hybridized carbons (Fsp3) is 0.179. The number of aryl methyl sites for hydroxylation is 1. The first kappa shape index (κ1) is 24.4. The maximum Gasteiger partial charge on any atom is 0.365 e. The van der Waals surface area contributed by atoms with Gasteiger partial charge in [-0.3, -0.25) is 9.69 Å². The molecule has 0 bridgehead atoms. The number of para-hydroxylation sites is 1. The molecule has 38 heavy (non-hydrogen) atoms. The van der Waals surface area contributed by atoms with Gasteiger partial charge in [0.25, 0.3) is 5.91 Å². The summed E-state index contributed by atoms with van der Waals surface area (Å²) >= 11 is 2.54. The lowest BCUT2D eigenvalue weighted by atomic mass is 10.2. The number of hydrogen-bond donors (Lipinski definition) is 0. The van der Waals surface area contributed by atoms with Crippen molar-refractivity contribution in [3.05, 3.63) is 88.8 Å². The molecular formula is C28H23N3O5S2. The number of ether oxygens (including phenoxy) is 3. The second kappa shape index (κ2) is 9.77. The van der Waals surface area contributed by atoms with Gasteiger partial charge in [-0.2, -0.15) is 5.10 Å². The normalized spacial score (nSPS) is 20.9. The Hall–Kier alpha value is -3.89. The van der Waals surface area contributed by atoms with E-state index >= 15 is 0 Å². The van der Waals surface area contributed by atoms with Crippen molar-refractivity contribution in [2.24, 2.45) is 5.10 Å². The highest BCUT2D eigenvalue weighted by Gasteiger charge is 2.60. The van der Waals surface area contributed by atoms with Crippen molar-refractivity contribution in [1.29, 1.82) is 0 Å². The van der Waals surface area contributed by atoms with Gasteiger partial charge in [0.2, 0.25) is 16.2 Å². The van der Waals surface area contributed by atoms with Gasteiger partial charge in [-0.05, 0) is 73.6 Å². The predicted octanol–water partition coefficient (Wildman–Crippen LogP) is 5.59. The average Bonchev–Trinajstić information content (AvgIpc) is 3.61. The van der Waals surface area contributed by atoms with E-state index in [-0.39, 0.29) is 24.4 Å². The van der Waals surface area contributed by atoms with Gasteiger partial charge in [0.1, 0.15) is 0 Å². The summed E-state index contributed by atoms with van der Waals surface area (Å²) in [5.41, 5.74) is 3.31. The second-order valence-corrected chi connectivity index (χ2v) is 11.3. The summed E-state index contributed by atoms with van der Waals surface area (Å²) in [7, 11) is 0. The van der Waals surface area contributed by atoms with Crippen LogP contribution in [0.15, 0.2) is 82.8 Å². The van der Waals surface area contributed by atoms with E-state index in [1.54, 1.807) is 16.8 Å². The van der Waals surface area contributed by atoms with Gasteiger partial charge in [-0.1, -0.05) is 53.7 Å². The third kappa shape index (κ3) is 4.19. The molecule has 1 fully saturated rings. The van der Waals surface area contributed by atoms with Crippen molar-refractivity contribution in [1.82, 2.24) is 0 Å². The molecule has 1 atom stereocenters. The van der Waals surface area contributed by atoms with E-state index in [9.17, 15) is 9.59 Å². The minimum atomic E-state index is -1.13. The first-order valence-electron chi connectivity index (χ1n) is 12.0. The molecule has 0 saturated carbocycles. The molecule has 8 nitrogen and oxygen atoms in total. The van der Waals surface area contributed by atoms with E-state index in [4.69, 9.17) is 19.3 Å². The summed E-state index contributed by atoms with van der Waals surface area (Å²) in [4.78, 5) is 29.2. The Balaban J connectivity index is 1.49. The fourth-order valence-electron chi connectivity index (χ4n) is 4.30. The summed E-state index contributed by atoms with van der Waals surface area (Å²) < 4.78 is 15.1. The van der Waals surface area contributed by atoms with Gasteiger partial charge >= 0.3 is 5.97 Å². The van der Waals surface area contributed by atoms with Crippen LogP contribution in [-0.2, 0) is 14.3 Å². The van der Waals surface area contributed by atoms with Gasteiger partial charge in [-0.15, -0.1) is 0 Å². The minimum absolute atomic E-state index is 0.171. The van der Waals surface area contributed by atoms with Crippen LogP contribution in [0.3, 0.4) is 0 Å². The van der Waals surface area contributed by atoms with E-state index in [1.165, 1.54) is 23.5 Å². The Kier molecular flexibility index (Phi) is 6.29. The number of thioether (sulfide) groups is 2. The Labute approximate surface area is 228 Å². The van der Waals surface area contributed by atoms with E-state index < -0.39 is 10.3 Å². The molecule has 1 unspecified atom stereocenters. The van der Waals surface area contributed by atoms with Crippen LogP contribution in [0.1, 0.15) is 18.1 Å². The zero-order chi connectivity index (χ0) is 26.3. The van der Waals surface area contributed by atoms with E-state index in [1.807, 2.05) is 85.8 Å². The van der Waals surface area contributed by atoms with E-state index in [0.29, 0.717) is 22.1 Å². The Morgan fingerprint density at radius 3 is 2.55 bits per heavy atom. The van der Waals surface area contributed by atoms with Gasteiger partial charge in [0.05, 0.1) is 17.2 Å². The topological polar surface area (TPSA) is 80.7 Å². The van der Waals surface area contributed by atoms with Crippen molar-refractivity contribution >= 4 is 57.9 Å². The molecule has 1 spiro atoms. The van der Waals surface area contributed by atoms with Gasteiger partial charge < -0.3 is 14.2 Å². The fourth-order valence-corrected chi connectivity index (χ4v) is 7.18. The van der Waals surface area contributed by atoms with Crippen molar-refractivity contribution in [3.8, 4) is 11.5 Å². The molecular weight excluding hydrogens is 522 g/mol. The number of hydrogen-bond acceptors (Lipinski definition) is 9. The van der Waals surface area contributed by atoms with Crippen LogP contribution in [0.2, 0.25) is 0 Å². The van der Waals surface area contributed by atoms with Crippen molar-refractivity contribution in [2.75, 3.05) is 23.3 Å². The number of esters is 1. The number of anilines is 2. The molecule has 1 amide bonds. The number of carbonyl (C=O) groups is 2. The molecule has 0 radical (unpaired) electrons. The number of nitrogens with zero attached hydrogens (tertiary/aromatic N) is 3. The lowest BCUT2D eigenvalue weighted by Gasteiger charge is -2.38. The Morgan fingerprint density at radius 2 is 1.79 bits per heavy atom. The van der Waals surface area contributed by atoms with Crippen molar-refractivity contribution < 1.29 is 23.8 Å². The third-order valence-corrected chi connectivity index (χ3v) is 8.76. The van der Waals surface area contributed by atoms with Crippen LogP contribution >= 0.6 is 23.5 Å². The molecule has 3 aromatic carbocycles. The molecule has 6 rings (SSSR count). The summed E-state index contributed by atoms with van der Waals surface area (Å²) in [6, 6.07) is 22.8. The van der Waals surface area contributed by atoms with Crippen LogP contribution in [0.4, 0.5) is 11.4 Å². The molecule has 0 aromatic heterocycles. The van der Waals surface area contributed by atoms with Gasteiger partial charge in [0, 0.05) is 5.69 Å². The zero-order valence-electron chi connectivity index (χ0n) is 20.6. The maximum absolute atomic E-state index is 14.1. The molecule has 3 aromatic rings. The minimum Gasteiger partial charge on any atom is -0.461 e. The standard InChI is InChI=1S/C28H23N3O5S2/c1-3-34-27(33)25-29-31(21-12-9-18(2)10-13-21)28(38-25)30(20-7-5-4-6-8-20)26(32)24(37-28)16-19-11-14-22-23(15-19)36-17-35-22/h4-16H,3,17H2,1-2H3/b24-16+. The number of rotatable bonds is 5. The predicted molar refractivity (Wildman–Crippen MR) is 150 cm³/mol. The molecule has 10 heteroatoms. The van der Waals surface area contributed by atoms with Crippen LogP contribution in [0.25, 0.3) is 6.08 Å². The third-order valence-electron chi connectivity index (χ3n) is 6.06. The quantitative estimate of drug-likeness (QED) is 0.303. The molecule has 0 aliphatic carbocycles. The van der Waals surface area contributed by atoms with Crippen molar-refractivity contribution in [3.63, 3.8) is 0 Å². The SMILES string of the molecule is CCOC(=O)C1=NN(c2ccc(C)cc2)C2(S1)S/C(=C/c1ccc3c(c1)OCO3)C(=O)N2c1ccccc1. The number of benzene rings is 3. The zero-order valence-corrected chi connectivity index (χ0v) is 22.3. The molecule has 3 aliphatic heterocycles. The van der Waals surface area contributed by atoms with E-state index in [0.717, 1.165) is 16.8 Å². The Bertz CT molecular complexity index is 1480. The first-order chi connectivity index (χ1) is 18.5. The summed E-state index contributed by atoms with van der Waals surface area (Å²) in [5, 5.41) is 6.61. The lowest BCUT2D eigenvalue weighted by molar-refractivity contribution is -0.134. The number of amides is 1. The Morgan fingerprint density at radius 1 is 1.03 bits per heavy atom. The summed E-state index contributed by atoms with van der Waals surface area (Å²) in [5.74, 6) is 0.572. The highest BCUT2D eigenvalue weighted by Crippen LogP contribution is 2.59. The highest BCUT2D eigenvalue weighted by molar-refractivity contribution is 8.29. The van der Waals surface area contributed by atoms with Gasteiger partial charge in [-0.25, -0.2) is 9.80 Å². The van der Waals surface area contributed by atoms with Crippen LogP contribution < -0.4 is 19.4 Å². The van der Waals surface area contributed by atoms with E-state index in [2.05, 4.69) is 0 Å². The highest BCUT2D eigenvalue weighted by atomic mass is 32.2. The summed E-state index contributed by atoms with van der Waals surface area (Å²) in [6.45, 7) is 4.15. The number of carbonyl (C=O) groups excluding carboxylic acids is 2. The second-order valence-electron chi connectivity index (χ2n) is 8.62. The van der Waals surface area contributed by atoms with Crippen LogP contribution in [0, 0.1) is 6.92 Å². The molecule has 0 N–H and O–H groups in total. The van der Waals surface area contributed by atoms with Crippen LogP contribution in [0.5, 0.6) is 11.5 Å². The van der Waals surface area contributed by atoms with Gasteiger partial charge in [0.15, 0.2) is 11.5 Å². The van der Waals surface area contributed by atoms with Crippen molar-refractivity contribution in [2.45, 2.75) is 18.2 Å². The molecule has 3 aliphatic rings.